The predicted octanol–water partition coefficient (Wildman–Crippen LogP) is 3.43. The number of hydrogen-bond acceptors (Lipinski definition) is 3. The third-order valence-electron chi connectivity index (χ3n) is 5.09. The number of imidazole rings is 1. The van der Waals surface area contributed by atoms with E-state index in [0.29, 0.717) is 12.1 Å². The van der Waals surface area contributed by atoms with Gasteiger partial charge in [0.1, 0.15) is 5.75 Å². The standard InChI is InChI=1S/C23H21N3O3/c1-25-19-10-9-17(14-20(19)26(2)23(25)29)24-22(28)18-13-16(8-11-21(18)27)12-15-6-4-3-5-7-15/h3-11,13-14,27H,12H2,1-2H3,(H,24,28). The molecule has 6 nitrogen and oxygen atoms in total. The number of phenolic OH excluding ortho intramolecular Hbond substituents is 1. The Morgan fingerprint density at radius 2 is 1.62 bits per heavy atom. The minimum absolute atomic E-state index is 0.0764. The number of nitrogens with zero attached hydrogens (tertiary/aromatic N) is 2. The highest BCUT2D eigenvalue weighted by molar-refractivity contribution is 6.06. The van der Waals surface area contributed by atoms with Crippen molar-refractivity contribution in [3.05, 3.63) is 93.9 Å². The van der Waals surface area contributed by atoms with Crippen molar-refractivity contribution in [2.45, 2.75) is 6.42 Å². The number of anilines is 1. The number of benzene rings is 3. The summed E-state index contributed by atoms with van der Waals surface area (Å²) < 4.78 is 3.09. The number of carbonyl (C=O) groups is 1. The third kappa shape index (κ3) is 3.52. The highest BCUT2D eigenvalue weighted by Gasteiger charge is 2.14. The van der Waals surface area contributed by atoms with Crippen LogP contribution < -0.4 is 11.0 Å². The van der Waals surface area contributed by atoms with Crippen LogP contribution >= 0.6 is 0 Å². The molecule has 0 atom stereocenters. The van der Waals surface area contributed by atoms with Gasteiger partial charge < -0.3 is 10.4 Å². The molecule has 1 amide bonds. The van der Waals surface area contributed by atoms with Crippen molar-refractivity contribution < 1.29 is 9.90 Å². The Morgan fingerprint density at radius 3 is 2.38 bits per heavy atom. The van der Waals surface area contributed by atoms with Crippen LogP contribution in [0, 0.1) is 0 Å². The number of aromatic nitrogens is 2. The van der Waals surface area contributed by atoms with Gasteiger partial charge in [-0.3, -0.25) is 13.9 Å². The molecule has 4 rings (SSSR count). The number of aromatic hydroxyl groups is 1. The first kappa shape index (κ1) is 18.6. The lowest BCUT2D eigenvalue weighted by Gasteiger charge is -2.10. The van der Waals surface area contributed by atoms with E-state index in [9.17, 15) is 14.7 Å². The second kappa shape index (κ2) is 7.31. The van der Waals surface area contributed by atoms with Gasteiger partial charge in [-0.05, 0) is 47.9 Å². The maximum absolute atomic E-state index is 12.8. The zero-order chi connectivity index (χ0) is 20.5. The van der Waals surface area contributed by atoms with Gasteiger partial charge in [0, 0.05) is 19.8 Å². The Bertz CT molecular complexity index is 1270. The molecule has 0 spiro atoms. The highest BCUT2D eigenvalue weighted by Crippen LogP contribution is 2.23. The maximum Gasteiger partial charge on any atom is 0.328 e. The molecule has 0 saturated carbocycles. The smallest absolute Gasteiger partial charge is 0.328 e. The molecule has 3 aromatic carbocycles. The van der Waals surface area contributed by atoms with Crippen molar-refractivity contribution in [2.24, 2.45) is 14.1 Å². The lowest BCUT2D eigenvalue weighted by Crippen LogP contribution is -2.19. The fourth-order valence-corrected chi connectivity index (χ4v) is 3.49. The first-order chi connectivity index (χ1) is 13.9. The van der Waals surface area contributed by atoms with Crippen LogP contribution in [0.1, 0.15) is 21.5 Å². The summed E-state index contributed by atoms with van der Waals surface area (Å²) in [5.74, 6) is -0.481. The summed E-state index contributed by atoms with van der Waals surface area (Å²) in [5, 5.41) is 13.0. The molecule has 0 unspecified atom stereocenters. The second-order valence-corrected chi connectivity index (χ2v) is 7.07. The minimum atomic E-state index is -0.405. The lowest BCUT2D eigenvalue weighted by atomic mass is 10.0. The van der Waals surface area contributed by atoms with Gasteiger partial charge in [-0.2, -0.15) is 0 Å². The molecule has 2 N–H and O–H groups in total. The molecule has 0 radical (unpaired) electrons. The van der Waals surface area contributed by atoms with E-state index in [1.165, 1.54) is 10.6 Å². The van der Waals surface area contributed by atoms with Crippen molar-refractivity contribution in [1.82, 2.24) is 9.13 Å². The van der Waals surface area contributed by atoms with Gasteiger partial charge in [0.2, 0.25) is 0 Å². The van der Waals surface area contributed by atoms with E-state index < -0.39 is 5.91 Å². The van der Waals surface area contributed by atoms with Gasteiger partial charge in [-0.15, -0.1) is 0 Å². The quantitative estimate of drug-likeness (QED) is 0.563. The summed E-state index contributed by atoms with van der Waals surface area (Å²) in [4.78, 5) is 24.9. The van der Waals surface area contributed by atoms with Crippen LogP contribution in [-0.2, 0) is 20.5 Å². The van der Waals surface area contributed by atoms with Gasteiger partial charge in [0.25, 0.3) is 5.91 Å². The normalized spacial score (nSPS) is 11.0. The molecular formula is C23H21N3O3. The van der Waals surface area contributed by atoms with Crippen LogP contribution in [0.3, 0.4) is 0 Å². The lowest BCUT2D eigenvalue weighted by molar-refractivity contribution is 0.102. The number of carbonyl (C=O) groups excluding carboxylic acids is 1. The zero-order valence-corrected chi connectivity index (χ0v) is 16.2. The summed E-state index contributed by atoms with van der Waals surface area (Å²) in [6.45, 7) is 0. The Hall–Kier alpha value is -3.80. The highest BCUT2D eigenvalue weighted by atomic mass is 16.3. The van der Waals surface area contributed by atoms with Crippen LogP contribution in [0.15, 0.2) is 71.5 Å². The number of phenols is 1. The molecule has 146 valence electrons. The monoisotopic (exact) mass is 387 g/mol. The number of hydrogen-bond donors (Lipinski definition) is 2. The minimum Gasteiger partial charge on any atom is -0.507 e. The molecule has 0 bridgehead atoms. The number of nitrogens with one attached hydrogen (secondary N) is 1. The van der Waals surface area contributed by atoms with E-state index in [4.69, 9.17) is 0 Å². The van der Waals surface area contributed by atoms with Crippen molar-refractivity contribution in [2.75, 3.05) is 5.32 Å². The summed E-state index contributed by atoms with van der Waals surface area (Å²) >= 11 is 0. The van der Waals surface area contributed by atoms with Crippen LogP contribution in [-0.4, -0.2) is 20.1 Å². The van der Waals surface area contributed by atoms with Crippen LogP contribution in [0.2, 0.25) is 0 Å². The number of fused-ring (bicyclic) bond motifs is 1. The first-order valence-corrected chi connectivity index (χ1v) is 9.26. The van der Waals surface area contributed by atoms with E-state index in [1.807, 2.05) is 36.4 Å². The third-order valence-corrected chi connectivity index (χ3v) is 5.09. The van der Waals surface area contributed by atoms with Gasteiger partial charge in [0.15, 0.2) is 0 Å². The molecule has 0 saturated heterocycles. The fraction of sp³-hybridized carbons (Fsp3) is 0.130. The van der Waals surface area contributed by atoms with Crippen LogP contribution in [0.4, 0.5) is 5.69 Å². The van der Waals surface area contributed by atoms with E-state index in [-0.39, 0.29) is 17.0 Å². The van der Waals surface area contributed by atoms with Gasteiger partial charge >= 0.3 is 5.69 Å². The van der Waals surface area contributed by atoms with E-state index >= 15 is 0 Å². The predicted molar refractivity (Wildman–Crippen MR) is 113 cm³/mol. The number of rotatable bonds is 4. The summed E-state index contributed by atoms with van der Waals surface area (Å²) in [6, 6.07) is 20.3. The Morgan fingerprint density at radius 1 is 0.897 bits per heavy atom. The Balaban J connectivity index is 1.61. The maximum atomic E-state index is 12.8. The second-order valence-electron chi connectivity index (χ2n) is 7.07. The fourth-order valence-electron chi connectivity index (χ4n) is 3.49. The average Bonchev–Trinajstić information content (AvgIpc) is 2.94. The van der Waals surface area contributed by atoms with Crippen molar-refractivity contribution in [1.29, 1.82) is 0 Å². The van der Waals surface area contributed by atoms with Gasteiger partial charge in [-0.25, -0.2) is 4.79 Å². The van der Waals surface area contributed by atoms with Crippen LogP contribution in [0.5, 0.6) is 5.75 Å². The molecule has 0 fully saturated rings. The van der Waals surface area contributed by atoms with Gasteiger partial charge in [0.05, 0.1) is 16.6 Å². The van der Waals surface area contributed by atoms with Crippen molar-refractivity contribution in [3.8, 4) is 5.75 Å². The van der Waals surface area contributed by atoms with Crippen molar-refractivity contribution in [3.63, 3.8) is 0 Å². The van der Waals surface area contributed by atoms with E-state index in [2.05, 4.69) is 5.32 Å². The molecule has 4 aromatic rings. The molecule has 0 aliphatic carbocycles. The number of amides is 1. The molecule has 1 heterocycles. The van der Waals surface area contributed by atoms with Crippen LogP contribution in [0.25, 0.3) is 11.0 Å². The van der Waals surface area contributed by atoms with Crippen molar-refractivity contribution >= 4 is 22.6 Å². The molecule has 6 heteroatoms. The Labute approximate surface area is 167 Å². The zero-order valence-electron chi connectivity index (χ0n) is 16.2. The molecule has 1 aromatic heterocycles. The number of aryl methyl sites for hydroxylation is 2. The van der Waals surface area contributed by atoms with E-state index in [1.54, 1.807) is 42.9 Å². The summed E-state index contributed by atoms with van der Waals surface area (Å²) in [7, 11) is 3.40. The summed E-state index contributed by atoms with van der Waals surface area (Å²) in [5.41, 5.74) is 4.19. The molecule has 0 aliphatic heterocycles. The Kier molecular flexibility index (Phi) is 4.68. The van der Waals surface area contributed by atoms with E-state index in [0.717, 1.165) is 22.2 Å². The van der Waals surface area contributed by atoms with Gasteiger partial charge in [-0.1, -0.05) is 36.4 Å². The average molecular weight is 387 g/mol. The largest absolute Gasteiger partial charge is 0.507 e. The molecular weight excluding hydrogens is 366 g/mol. The first-order valence-electron chi connectivity index (χ1n) is 9.26. The molecule has 0 aliphatic rings. The SMILES string of the molecule is Cn1c(=O)n(C)c2cc(NC(=O)c3cc(Cc4ccccc4)ccc3O)ccc21. The molecule has 29 heavy (non-hydrogen) atoms. The summed E-state index contributed by atoms with van der Waals surface area (Å²) in [6.07, 6.45) is 0.666. The topological polar surface area (TPSA) is 76.3 Å².